The van der Waals surface area contributed by atoms with Gasteiger partial charge in [0.15, 0.2) is 5.17 Å². The molecule has 8 heteroatoms. The van der Waals surface area contributed by atoms with Crippen molar-refractivity contribution in [1.82, 2.24) is 5.32 Å². The molecule has 1 aliphatic heterocycles. The summed E-state index contributed by atoms with van der Waals surface area (Å²) in [6.45, 7) is 0. The van der Waals surface area contributed by atoms with Crippen LogP contribution in [0.25, 0.3) is 6.08 Å². The zero-order chi connectivity index (χ0) is 16.4. The van der Waals surface area contributed by atoms with Gasteiger partial charge in [-0.15, -0.1) is 0 Å². The number of furan rings is 1. The number of rotatable bonds is 3. The van der Waals surface area contributed by atoms with Gasteiger partial charge in [0.2, 0.25) is 0 Å². The summed E-state index contributed by atoms with van der Waals surface area (Å²) in [4.78, 5) is 27.9. The third kappa shape index (κ3) is 3.54. The molecule has 0 saturated carbocycles. The number of carbonyl (C=O) groups excluding carboxylic acids is 1. The van der Waals surface area contributed by atoms with Gasteiger partial charge in [0.25, 0.3) is 5.91 Å². The maximum absolute atomic E-state index is 11.9. The fraction of sp³-hybridized carbons (Fsp3) is 0. The summed E-state index contributed by atoms with van der Waals surface area (Å²) < 4.78 is 5.81. The van der Waals surface area contributed by atoms with Gasteiger partial charge < -0.3 is 14.8 Å². The lowest BCUT2D eigenvalue weighted by Crippen LogP contribution is -2.19. The van der Waals surface area contributed by atoms with Gasteiger partial charge in [0.1, 0.15) is 5.76 Å². The third-order valence-corrected chi connectivity index (χ3v) is 4.28. The molecule has 1 aliphatic rings. The number of aliphatic imine (C=N–C) groups is 1. The molecular weight excluding hydrogens is 384 g/mol. The van der Waals surface area contributed by atoms with Crippen molar-refractivity contribution in [2.45, 2.75) is 0 Å². The van der Waals surface area contributed by atoms with E-state index in [0.29, 0.717) is 20.3 Å². The molecule has 1 fully saturated rings. The van der Waals surface area contributed by atoms with Crippen LogP contribution in [0, 0.1) is 0 Å². The van der Waals surface area contributed by atoms with E-state index in [-0.39, 0.29) is 17.2 Å². The molecule has 2 heterocycles. The van der Waals surface area contributed by atoms with Gasteiger partial charge in [-0.3, -0.25) is 4.79 Å². The molecule has 2 N–H and O–H groups in total. The van der Waals surface area contributed by atoms with Gasteiger partial charge in [0.05, 0.1) is 22.4 Å². The van der Waals surface area contributed by atoms with Crippen LogP contribution in [0.5, 0.6) is 0 Å². The van der Waals surface area contributed by atoms with Crippen molar-refractivity contribution in [2.75, 3.05) is 0 Å². The number of carboxylic acid groups (broad SMARTS) is 1. The van der Waals surface area contributed by atoms with Crippen LogP contribution in [-0.2, 0) is 4.79 Å². The van der Waals surface area contributed by atoms with E-state index in [1.165, 1.54) is 12.3 Å². The van der Waals surface area contributed by atoms with E-state index in [9.17, 15) is 14.7 Å². The highest BCUT2D eigenvalue weighted by Crippen LogP contribution is 2.30. The van der Waals surface area contributed by atoms with Gasteiger partial charge in [-0.2, -0.15) is 0 Å². The second-order valence-electron chi connectivity index (χ2n) is 4.46. The molecule has 0 spiro atoms. The number of carboxylic acids is 1. The van der Waals surface area contributed by atoms with E-state index in [1.54, 1.807) is 30.3 Å². The molecule has 3 rings (SSSR count). The molecule has 0 radical (unpaired) electrons. The average Bonchev–Trinajstić information content (AvgIpc) is 3.12. The topological polar surface area (TPSA) is 91.9 Å². The number of carbonyl (C=O) groups is 2. The number of hydrogen-bond acceptors (Lipinski definition) is 5. The highest BCUT2D eigenvalue weighted by Gasteiger charge is 2.25. The second kappa shape index (κ2) is 6.43. The van der Waals surface area contributed by atoms with E-state index in [4.69, 9.17) is 4.42 Å². The first kappa shape index (κ1) is 15.6. The lowest BCUT2D eigenvalue weighted by atomic mass is 10.2. The maximum Gasteiger partial charge on any atom is 0.337 e. The van der Waals surface area contributed by atoms with E-state index in [1.807, 2.05) is 0 Å². The molecule has 1 saturated heterocycles. The number of halogens is 1. The van der Waals surface area contributed by atoms with Crippen molar-refractivity contribution in [1.29, 1.82) is 0 Å². The fourth-order valence-electron chi connectivity index (χ4n) is 1.87. The van der Waals surface area contributed by atoms with Crippen LogP contribution in [0.2, 0.25) is 0 Å². The Labute approximate surface area is 143 Å². The quantitative estimate of drug-likeness (QED) is 0.777. The first-order valence-corrected chi connectivity index (χ1v) is 8.00. The van der Waals surface area contributed by atoms with E-state index < -0.39 is 5.97 Å². The Bertz CT molecular complexity index is 843. The Morgan fingerprint density at radius 3 is 2.91 bits per heavy atom. The number of aromatic carboxylic acids is 1. The highest BCUT2D eigenvalue weighted by molar-refractivity contribution is 9.10. The SMILES string of the molecule is O=C1NC(=Nc2ccc(Br)cc2C(=O)O)S/C1=C\c1ccco1. The summed E-state index contributed by atoms with van der Waals surface area (Å²) in [7, 11) is 0. The minimum absolute atomic E-state index is 0.0465. The summed E-state index contributed by atoms with van der Waals surface area (Å²) in [6, 6.07) is 8.17. The summed E-state index contributed by atoms with van der Waals surface area (Å²) in [5.74, 6) is -0.843. The molecule has 1 aromatic heterocycles. The third-order valence-electron chi connectivity index (χ3n) is 2.88. The van der Waals surface area contributed by atoms with Gasteiger partial charge in [-0.25, -0.2) is 9.79 Å². The molecule has 0 bridgehead atoms. The predicted octanol–water partition coefficient (Wildman–Crippen LogP) is 3.63. The van der Waals surface area contributed by atoms with Crippen LogP contribution in [0.15, 0.2) is 55.4 Å². The van der Waals surface area contributed by atoms with Crippen LogP contribution in [-0.4, -0.2) is 22.2 Å². The molecule has 2 aromatic rings. The zero-order valence-electron chi connectivity index (χ0n) is 11.4. The Balaban J connectivity index is 1.91. The fourth-order valence-corrected chi connectivity index (χ4v) is 3.05. The van der Waals surface area contributed by atoms with E-state index >= 15 is 0 Å². The Morgan fingerprint density at radius 1 is 1.39 bits per heavy atom. The monoisotopic (exact) mass is 392 g/mol. The predicted molar refractivity (Wildman–Crippen MR) is 90.6 cm³/mol. The lowest BCUT2D eigenvalue weighted by Gasteiger charge is -2.02. The summed E-state index contributed by atoms with van der Waals surface area (Å²) >= 11 is 4.35. The zero-order valence-corrected chi connectivity index (χ0v) is 13.8. The number of amides is 1. The Morgan fingerprint density at radius 2 is 2.22 bits per heavy atom. The number of nitrogens with zero attached hydrogens (tertiary/aromatic N) is 1. The van der Waals surface area contributed by atoms with Crippen molar-refractivity contribution < 1.29 is 19.1 Å². The number of amidine groups is 1. The van der Waals surface area contributed by atoms with E-state index in [0.717, 1.165) is 11.8 Å². The first-order chi connectivity index (χ1) is 11.0. The number of benzene rings is 1. The number of hydrogen-bond donors (Lipinski definition) is 2. The van der Waals surface area contributed by atoms with Gasteiger partial charge in [0, 0.05) is 10.5 Å². The summed E-state index contributed by atoms with van der Waals surface area (Å²) in [5, 5.41) is 12.2. The normalized spacial score (nSPS) is 17.7. The summed E-state index contributed by atoms with van der Waals surface area (Å²) in [5.41, 5.74) is 0.313. The van der Waals surface area contributed by atoms with Crippen molar-refractivity contribution in [3.63, 3.8) is 0 Å². The molecule has 116 valence electrons. The van der Waals surface area contributed by atoms with Crippen LogP contribution < -0.4 is 5.32 Å². The Kier molecular flexibility index (Phi) is 4.35. The molecule has 6 nitrogen and oxygen atoms in total. The van der Waals surface area contributed by atoms with Gasteiger partial charge in [-0.1, -0.05) is 15.9 Å². The lowest BCUT2D eigenvalue weighted by molar-refractivity contribution is -0.115. The largest absolute Gasteiger partial charge is 0.478 e. The van der Waals surface area contributed by atoms with Crippen molar-refractivity contribution in [2.24, 2.45) is 4.99 Å². The van der Waals surface area contributed by atoms with Crippen molar-refractivity contribution in [3.8, 4) is 0 Å². The van der Waals surface area contributed by atoms with Crippen LogP contribution in [0.1, 0.15) is 16.1 Å². The molecule has 0 unspecified atom stereocenters. The second-order valence-corrected chi connectivity index (χ2v) is 6.41. The standard InChI is InChI=1S/C15H9BrN2O4S/c16-8-3-4-11(10(6-8)14(20)21)17-15-18-13(19)12(23-15)7-9-2-1-5-22-9/h1-7H,(H,20,21)(H,17,18,19)/b12-7-. The maximum atomic E-state index is 11.9. The number of nitrogens with one attached hydrogen (secondary N) is 1. The molecule has 23 heavy (non-hydrogen) atoms. The van der Waals surface area contributed by atoms with Crippen LogP contribution in [0.4, 0.5) is 5.69 Å². The highest BCUT2D eigenvalue weighted by atomic mass is 79.9. The van der Waals surface area contributed by atoms with E-state index in [2.05, 4.69) is 26.2 Å². The average molecular weight is 393 g/mol. The molecule has 0 atom stereocenters. The van der Waals surface area contributed by atoms with Gasteiger partial charge in [-0.05, 0) is 42.1 Å². The molecule has 1 amide bonds. The molecule has 0 aliphatic carbocycles. The van der Waals surface area contributed by atoms with Crippen LogP contribution >= 0.6 is 27.7 Å². The first-order valence-electron chi connectivity index (χ1n) is 6.39. The number of thioether (sulfide) groups is 1. The molecular formula is C15H9BrN2O4S. The minimum Gasteiger partial charge on any atom is -0.478 e. The van der Waals surface area contributed by atoms with Gasteiger partial charge >= 0.3 is 5.97 Å². The summed E-state index contributed by atoms with van der Waals surface area (Å²) in [6.07, 6.45) is 3.11. The van der Waals surface area contributed by atoms with Crippen LogP contribution in [0.3, 0.4) is 0 Å². The smallest absolute Gasteiger partial charge is 0.337 e. The Hall–Kier alpha value is -2.32. The van der Waals surface area contributed by atoms with Crippen molar-refractivity contribution in [3.05, 3.63) is 57.3 Å². The minimum atomic E-state index is -1.09. The molecule has 1 aromatic carbocycles. The van der Waals surface area contributed by atoms with Crippen molar-refractivity contribution >= 4 is 56.5 Å².